The van der Waals surface area contributed by atoms with E-state index in [1.54, 1.807) is 11.8 Å². The lowest BCUT2D eigenvalue weighted by Gasteiger charge is -2.17. The van der Waals surface area contributed by atoms with E-state index in [0.717, 1.165) is 10.5 Å². The second kappa shape index (κ2) is 6.76. The van der Waals surface area contributed by atoms with Crippen LogP contribution in [0.1, 0.15) is 17.9 Å². The third-order valence-electron chi connectivity index (χ3n) is 3.24. The lowest BCUT2D eigenvalue weighted by atomic mass is 10.00. The number of nitrogens with one attached hydrogen (secondary N) is 1. The molecular formula is C14H17NO4S. The molecule has 2 rings (SSSR count). The molecule has 1 aliphatic heterocycles. The number of benzene rings is 1. The van der Waals surface area contributed by atoms with Crippen molar-refractivity contribution in [3.05, 3.63) is 29.8 Å². The Balaban J connectivity index is 2.03. The van der Waals surface area contributed by atoms with E-state index in [-0.39, 0.29) is 18.2 Å². The summed E-state index contributed by atoms with van der Waals surface area (Å²) in [5, 5.41) is 11.7. The van der Waals surface area contributed by atoms with Crippen LogP contribution in [0.5, 0.6) is 0 Å². The zero-order valence-corrected chi connectivity index (χ0v) is 12.0. The van der Waals surface area contributed by atoms with E-state index < -0.39 is 12.0 Å². The van der Waals surface area contributed by atoms with Gasteiger partial charge >= 0.3 is 5.97 Å². The summed E-state index contributed by atoms with van der Waals surface area (Å²) in [7, 11) is 1.50. The number of hydrogen-bond donors (Lipinski definition) is 2. The molecule has 0 saturated heterocycles. The maximum Gasteiger partial charge on any atom is 0.326 e. The van der Waals surface area contributed by atoms with Crippen molar-refractivity contribution >= 4 is 23.6 Å². The first-order valence-electron chi connectivity index (χ1n) is 6.37. The molecule has 0 aromatic heterocycles. The Bertz CT molecular complexity index is 506. The molecule has 2 atom stereocenters. The fraction of sp³-hybridized carbons (Fsp3) is 0.429. The molecule has 0 spiro atoms. The van der Waals surface area contributed by atoms with Gasteiger partial charge in [-0.1, -0.05) is 18.2 Å². The van der Waals surface area contributed by atoms with Crippen molar-refractivity contribution < 1.29 is 19.4 Å². The van der Waals surface area contributed by atoms with E-state index in [1.165, 1.54) is 7.11 Å². The van der Waals surface area contributed by atoms with Crippen LogP contribution in [0.25, 0.3) is 0 Å². The molecule has 1 amide bonds. The molecule has 5 nitrogen and oxygen atoms in total. The summed E-state index contributed by atoms with van der Waals surface area (Å²) in [6.07, 6.45) is 0.263. The number of carbonyl (C=O) groups is 2. The average Bonchev–Trinajstić information content (AvgIpc) is 2.87. The van der Waals surface area contributed by atoms with E-state index in [9.17, 15) is 9.59 Å². The Kier molecular flexibility index (Phi) is 5.03. The van der Waals surface area contributed by atoms with Crippen molar-refractivity contribution in [1.29, 1.82) is 0 Å². The second-order valence-electron chi connectivity index (χ2n) is 4.58. The molecule has 6 heteroatoms. The molecule has 0 bridgehead atoms. The summed E-state index contributed by atoms with van der Waals surface area (Å²) < 4.78 is 4.87. The molecule has 1 aromatic rings. The number of fused-ring (bicyclic) bond motifs is 1. The van der Waals surface area contributed by atoms with Gasteiger partial charge in [-0.2, -0.15) is 0 Å². The van der Waals surface area contributed by atoms with Gasteiger partial charge in [0.1, 0.15) is 6.04 Å². The molecule has 0 fully saturated rings. The van der Waals surface area contributed by atoms with Gasteiger partial charge in [-0.3, -0.25) is 4.79 Å². The van der Waals surface area contributed by atoms with Crippen LogP contribution < -0.4 is 5.32 Å². The highest BCUT2D eigenvalue weighted by atomic mass is 32.2. The molecule has 108 valence electrons. The Morgan fingerprint density at radius 2 is 2.25 bits per heavy atom. The fourth-order valence-corrected chi connectivity index (χ4v) is 3.37. The molecule has 0 aliphatic carbocycles. The topological polar surface area (TPSA) is 75.6 Å². The van der Waals surface area contributed by atoms with Crippen LogP contribution in [-0.2, 0) is 14.3 Å². The van der Waals surface area contributed by atoms with Crippen molar-refractivity contribution in [2.75, 3.05) is 19.5 Å². The average molecular weight is 295 g/mol. The number of ether oxygens (including phenoxy) is 1. The van der Waals surface area contributed by atoms with E-state index >= 15 is 0 Å². The first-order valence-corrected chi connectivity index (χ1v) is 7.36. The summed E-state index contributed by atoms with van der Waals surface area (Å²) in [6.45, 7) is 0.299. The highest BCUT2D eigenvalue weighted by Crippen LogP contribution is 2.39. The van der Waals surface area contributed by atoms with Gasteiger partial charge in [0, 0.05) is 30.8 Å². The molecule has 1 heterocycles. The maximum atomic E-state index is 12.3. The Morgan fingerprint density at radius 1 is 1.50 bits per heavy atom. The minimum absolute atomic E-state index is 0.231. The second-order valence-corrected chi connectivity index (χ2v) is 5.64. The number of carboxylic acid groups (broad SMARTS) is 1. The van der Waals surface area contributed by atoms with Crippen LogP contribution in [0.3, 0.4) is 0 Å². The summed E-state index contributed by atoms with van der Waals surface area (Å²) in [5.74, 6) is -0.886. The summed E-state index contributed by atoms with van der Waals surface area (Å²) in [5.41, 5.74) is 0.978. The van der Waals surface area contributed by atoms with E-state index in [0.29, 0.717) is 12.4 Å². The Labute approximate surface area is 121 Å². The van der Waals surface area contributed by atoms with Crippen molar-refractivity contribution in [3.8, 4) is 0 Å². The molecule has 1 aliphatic rings. The van der Waals surface area contributed by atoms with Crippen LogP contribution in [0.2, 0.25) is 0 Å². The summed E-state index contributed by atoms with van der Waals surface area (Å²) in [4.78, 5) is 24.5. The van der Waals surface area contributed by atoms with Crippen LogP contribution in [-0.4, -0.2) is 42.5 Å². The number of rotatable bonds is 6. The molecule has 2 N–H and O–H groups in total. The molecule has 0 saturated carbocycles. The van der Waals surface area contributed by atoms with Gasteiger partial charge in [-0.05, 0) is 11.6 Å². The Morgan fingerprint density at radius 3 is 2.95 bits per heavy atom. The number of carboxylic acids is 1. The zero-order valence-electron chi connectivity index (χ0n) is 11.2. The SMILES string of the molecule is COCC[C@H](NC(=O)[C@H]1CSc2ccccc21)C(=O)O. The minimum atomic E-state index is -1.03. The van der Waals surface area contributed by atoms with Crippen molar-refractivity contribution in [2.45, 2.75) is 23.3 Å². The van der Waals surface area contributed by atoms with Gasteiger partial charge in [-0.25, -0.2) is 4.79 Å². The van der Waals surface area contributed by atoms with E-state index in [4.69, 9.17) is 9.84 Å². The molecule has 20 heavy (non-hydrogen) atoms. The number of carbonyl (C=O) groups excluding carboxylic acids is 1. The van der Waals surface area contributed by atoms with Crippen molar-refractivity contribution in [1.82, 2.24) is 5.32 Å². The predicted octanol–water partition coefficient (Wildman–Crippen LogP) is 1.48. The first-order chi connectivity index (χ1) is 9.63. The highest BCUT2D eigenvalue weighted by Gasteiger charge is 2.31. The normalized spacial score (nSPS) is 18.4. The smallest absolute Gasteiger partial charge is 0.326 e. The third-order valence-corrected chi connectivity index (χ3v) is 4.42. The number of hydrogen-bond acceptors (Lipinski definition) is 4. The first kappa shape index (κ1) is 14.9. The lowest BCUT2D eigenvalue weighted by molar-refractivity contribution is -0.142. The lowest BCUT2D eigenvalue weighted by Crippen LogP contribution is -2.43. The van der Waals surface area contributed by atoms with Gasteiger partial charge in [0.15, 0.2) is 0 Å². The fourth-order valence-electron chi connectivity index (χ4n) is 2.15. The molecule has 0 radical (unpaired) electrons. The van der Waals surface area contributed by atoms with E-state index in [2.05, 4.69) is 5.32 Å². The summed E-state index contributed by atoms with van der Waals surface area (Å²) in [6, 6.07) is 6.83. The summed E-state index contributed by atoms with van der Waals surface area (Å²) >= 11 is 1.62. The third kappa shape index (κ3) is 3.32. The quantitative estimate of drug-likeness (QED) is 0.831. The van der Waals surface area contributed by atoms with Crippen molar-refractivity contribution in [2.24, 2.45) is 0 Å². The number of aliphatic carboxylic acids is 1. The molecule has 1 aromatic carbocycles. The maximum absolute atomic E-state index is 12.3. The van der Waals surface area contributed by atoms with Gasteiger partial charge in [-0.15, -0.1) is 11.8 Å². The number of amides is 1. The highest BCUT2D eigenvalue weighted by molar-refractivity contribution is 7.99. The standard InChI is InChI=1S/C14H17NO4S/c1-19-7-6-11(14(17)18)15-13(16)10-8-20-12-5-3-2-4-9(10)12/h2-5,10-11H,6-8H2,1H3,(H,15,16)(H,17,18)/t10-,11-/m0/s1. The molecule has 0 unspecified atom stereocenters. The van der Waals surface area contributed by atoms with Crippen LogP contribution in [0.4, 0.5) is 0 Å². The van der Waals surface area contributed by atoms with E-state index in [1.807, 2.05) is 24.3 Å². The largest absolute Gasteiger partial charge is 0.480 e. The van der Waals surface area contributed by atoms with Crippen LogP contribution >= 0.6 is 11.8 Å². The van der Waals surface area contributed by atoms with Crippen LogP contribution in [0, 0.1) is 0 Å². The number of thioether (sulfide) groups is 1. The van der Waals surface area contributed by atoms with Gasteiger partial charge < -0.3 is 15.2 Å². The van der Waals surface area contributed by atoms with Crippen molar-refractivity contribution in [3.63, 3.8) is 0 Å². The Hall–Kier alpha value is -1.53. The zero-order chi connectivity index (χ0) is 14.5. The number of methoxy groups -OCH3 is 1. The van der Waals surface area contributed by atoms with Gasteiger partial charge in [0.25, 0.3) is 0 Å². The van der Waals surface area contributed by atoms with Gasteiger partial charge in [0.2, 0.25) is 5.91 Å². The minimum Gasteiger partial charge on any atom is -0.480 e. The van der Waals surface area contributed by atoms with Gasteiger partial charge in [0.05, 0.1) is 5.92 Å². The van der Waals surface area contributed by atoms with Crippen LogP contribution in [0.15, 0.2) is 29.2 Å². The molecular weight excluding hydrogens is 278 g/mol. The monoisotopic (exact) mass is 295 g/mol. The predicted molar refractivity (Wildman–Crippen MR) is 76.0 cm³/mol.